The molecule has 2 atom stereocenters. The minimum atomic E-state index is -0.679. The highest BCUT2D eigenvalue weighted by molar-refractivity contribution is 8.17. The van der Waals surface area contributed by atoms with Gasteiger partial charge >= 0.3 is 11.9 Å². The molecule has 1 aromatic rings. The molecule has 24 heavy (non-hydrogen) atoms. The maximum absolute atomic E-state index is 12.3. The molecule has 128 valence electrons. The smallest absolute Gasteiger partial charge is 0.331 e. The van der Waals surface area contributed by atoms with Gasteiger partial charge in [-0.15, -0.1) is 0 Å². The summed E-state index contributed by atoms with van der Waals surface area (Å²) in [6.07, 6.45) is 0.866. The lowest BCUT2D eigenvalue weighted by atomic mass is 10.0. The summed E-state index contributed by atoms with van der Waals surface area (Å²) in [4.78, 5) is 31.1. The maximum Gasteiger partial charge on any atom is 0.331 e. The Morgan fingerprint density at radius 2 is 1.83 bits per heavy atom. The molecule has 0 amide bonds. The number of rotatable bonds is 4. The molecule has 0 aliphatic carbocycles. The Morgan fingerprint density at radius 1 is 1.17 bits per heavy atom. The van der Waals surface area contributed by atoms with Gasteiger partial charge in [0.25, 0.3) is 0 Å². The molecule has 0 saturated carbocycles. The van der Waals surface area contributed by atoms with Crippen LogP contribution < -0.4 is 0 Å². The lowest BCUT2D eigenvalue weighted by Crippen LogP contribution is -2.42. The number of hydrogen-bond donors (Lipinski definition) is 0. The first-order valence-corrected chi connectivity index (χ1v) is 8.14. The van der Waals surface area contributed by atoms with Crippen LogP contribution in [0.1, 0.15) is 5.56 Å². The van der Waals surface area contributed by atoms with Crippen molar-refractivity contribution in [1.29, 1.82) is 0 Å². The van der Waals surface area contributed by atoms with E-state index in [4.69, 9.17) is 14.5 Å². The van der Waals surface area contributed by atoms with Gasteiger partial charge in [0.05, 0.1) is 14.2 Å². The van der Waals surface area contributed by atoms with Gasteiger partial charge in [-0.05, 0) is 14.1 Å². The number of nitrogens with zero attached hydrogens (tertiary/aromatic N) is 2. The van der Waals surface area contributed by atoms with Crippen molar-refractivity contribution in [3.8, 4) is 0 Å². The molecule has 0 saturated heterocycles. The zero-order valence-electron chi connectivity index (χ0n) is 14.1. The highest BCUT2D eigenvalue weighted by Crippen LogP contribution is 2.38. The molecule has 0 radical (unpaired) electrons. The summed E-state index contributed by atoms with van der Waals surface area (Å²) in [5.74, 6) is -1.63. The second kappa shape index (κ2) is 8.12. The van der Waals surface area contributed by atoms with Crippen molar-refractivity contribution in [2.45, 2.75) is 6.17 Å². The van der Waals surface area contributed by atoms with Crippen molar-refractivity contribution < 1.29 is 19.1 Å². The molecule has 7 heteroatoms. The topological polar surface area (TPSA) is 68.2 Å². The van der Waals surface area contributed by atoms with Crippen LogP contribution in [0.2, 0.25) is 0 Å². The lowest BCUT2D eigenvalue weighted by molar-refractivity contribution is -0.145. The van der Waals surface area contributed by atoms with Crippen LogP contribution >= 0.6 is 11.8 Å². The van der Waals surface area contributed by atoms with Gasteiger partial charge in [0, 0.05) is 16.5 Å². The summed E-state index contributed by atoms with van der Waals surface area (Å²) in [5, 5.41) is 0.740. The predicted molar refractivity (Wildman–Crippen MR) is 93.7 cm³/mol. The summed E-state index contributed by atoms with van der Waals surface area (Å²) in [6, 6.07) is 9.63. The van der Waals surface area contributed by atoms with E-state index >= 15 is 0 Å². The first-order chi connectivity index (χ1) is 11.5. The van der Waals surface area contributed by atoms with E-state index in [1.165, 1.54) is 32.1 Å². The standard InChI is InChI=1S/C17H20N2O4S/c1-19(2)15-14(17(21)23-4)12(10-13(20)22-3)24-16(18-15)11-8-6-5-7-9-11/h5-10,14-15H,1-4H3/b12-10-. The molecule has 0 bridgehead atoms. The molecule has 0 N–H and O–H groups in total. The summed E-state index contributed by atoms with van der Waals surface area (Å²) < 4.78 is 9.63. The van der Waals surface area contributed by atoms with Crippen LogP contribution in [0.4, 0.5) is 0 Å². The fourth-order valence-corrected chi connectivity index (χ4v) is 3.47. The van der Waals surface area contributed by atoms with Crippen molar-refractivity contribution >= 4 is 28.7 Å². The average Bonchev–Trinajstić information content (AvgIpc) is 2.60. The number of benzene rings is 1. The van der Waals surface area contributed by atoms with E-state index in [9.17, 15) is 9.59 Å². The van der Waals surface area contributed by atoms with Crippen molar-refractivity contribution in [1.82, 2.24) is 4.90 Å². The molecule has 1 heterocycles. The van der Waals surface area contributed by atoms with Gasteiger partial charge in [0.2, 0.25) is 0 Å². The molecule has 6 nitrogen and oxygen atoms in total. The molecule has 2 rings (SSSR count). The Kier molecular flexibility index (Phi) is 6.16. The van der Waals surface area contributed by atoms with Gasteiger partial charge < -0.3 is 9.47 Å². The van der Waals surface area contributed by atoms with Crippen molar-refractivity contribution in [2.75, 3.05) is 28.3 Å². The molecule has 0 aromatic heterocycles. The molecule has 0 fully saturated rings. The number of ether oxygens (including phenoxy) is 2. The van der Waals surface area contributed by atoms with Gasteiger partial charge in [-0.25, -0.2) is 4.79 Å². The monoisotopic (exact) mass is 348 g/mol. The molecule has 0 spiro atoms. The van der Waals surface area contributed by atoms with Crippen LogP contribution in [0.3, 0.4) is 0 Å². The molecule has 1 aliphatic rings. The highest BCUT2D eigenvalue weighted by Gasteiger charge is 2.39. The van der Waals surface area contributed by atoms with E-state index in [0.29, 0.717) is 4.91 Å². The van der Waals surface area contributed by atoms with E-state index in [1.807, 2.05) is 49.3 Å². The van der Waals surface area contributed by atoms with E-state index < -0.39 is 24.0 Å². The molecule has 1 aromatic carbocycles. The first-order valence-electron chi connectivity index (χ1n) is 7.32. The number of esters is 2. The van der Waals surface area contributed by atoms with Crippen LogP contribution in [0, 0.1) is 5.92 Å². The summed E-state index contributed by atoms with van der Waals surface area (Å²) in [6.45, 7) is 0. The zero-order valence-corrected chi connectivity index (χ0v) is 14.9. The SMILES string of the molecule is COC(=O)/C=C1\SC(c2ccccc2)=NC(N(C)C)C1C(=O)OC. The Balaban J connectivity index is 2.53. The zero-order chi connectivity index (χ0) is 17.7. The van der Waals surface area contributed by atoms with Crippen LogP contribution in [0.15, 0.2) is 46.3 Å². The second-order valence-electron chi connectivity index (χ2n) is 5.35. The first kappa shape index (κ1) is 18.2. The van der Waals surface area contributed by atoms with Gasteiger partial charge in [-0.2, -0.15) is 0 Å². The predicted octanol–water partition coefficient (Wildman–Crippen LogP) is 1.91. The number of aliphatic imine (C=N–C) groups is 1. The normalized spacial score (nSPS) is 22.2. The van der Waals surface area contributed by atoms with Crippen molar-refractivity contribution in [3.63, 3.8) is 0 Å². The lowest BCUT2D eigenvalue weighted by Gasteiger charge is -2.33. The third-order valence-corrected chi connectivity index (χ3v) is 4.68. The Bertz CT molecular complexity index is 670. The number of carbonyl (C=O) groups is 2. The van der Waals surface area contributed by atoms with Gasteiger partial charge in [-0.1, -0.05) is 42.1 Å². The summed E-state index contributed by atoms with van der Waals surface area (Å²) in [5.41, 5.74) is 0.924. The molecule has 1 aliphatic heterocycles. The quantitative estimate of drug-likeness (QED) is 0.612. The van der Waals surface area contributed by atoms with Crippen LogP contribution in [-0.4, -0.2) is 56.4 Å². The Morgan fingerprint density at radius 3 is 2.38 bits per heavy atom. The van der Waals surface area contributed by atoms with Crippen LogP contribution in [0.5, 0.6) is 0 Å². The summed E-state index contributed by atoms with van der Waals surface area (Å²) in [7, 11) is 6.29. The van der Waals surface area contributed by atoms with Crippen molar-refractivity contribution in [2.24, 2.45) is 10.9 Å². The van der Waals surface area contributed by atoms with Crippen LogP contribution in [-0.2, 0) is 19.1 Å². The number of hydrogen-bond acceptors (Lipinski definition) is 7. The van der Waals surface area contributed by atoms with E-state index in [2.05, 4.69) is 0 Å². The largest absolute Gasteiger partial charge is 0.468 e. The van der Waals surface area contributed by atoms with Gasteiger partial charge in [0.1, 0.15) is 17.1 Å². The van der Waals surface area contributed by atoms with E-state index in [1.54, 1.807) is 0 Å². The minimum absolute atomic E-state index is 0.438. The Hall–Kier alpha value is -2.12. The average molecular weight is 348 g/mol. The molecular formula is C17H20N2O4S. The van der Waals surface area contributed by atoms with E-state index in [0.717, 1.165) is 10.6 Å². The molecule has 2 unspecified atom stereocenters. The molecular weight excluding hydrogens is 328 g/mol. The minimum Gasteiger partial charge on any atom is -0.468 e. The number of thioether (sulfide) groups is 1. The van der Waals surface area contributed by atoms with Crippen molar-refractivity contribution in [3.05, 3.63) is 46.9 Å². The second-order valence-corrected chi connectivity index (χ2v) is 6.41. The summed E-state index contributed by atoms with van der Waals surface area (Å²) >= 11 is 1.28. The third kappa shape index (κ3) is 4.04. The fourth-order valence-electron chi connectivity index (χ4n) is 2.33. The fraction of sp³-hybridized carbons (Fsp3) is 0.353. The van der Waals surface area contributed by atoms with Gasteiger partial charge in [0.15, 0.2) is 0 Å². The maximum atomic E-state index is 12.3. The number of methoxy groups -OCH3 is 2. The third-order valence-electron chi connectivity index (χ3n) is 3.53. The highest BCUT2D eigenvalue weighted by atomic mass is 32.2. The van der Waals surface area contributed by atoms with Crippen LogP contribution in [0.25, 0.3) is 0 Å². The van der Waals surface area contributed by atoms with E-state index in [-0.39, 0.29) is 0 Å². The number of carbonyl (C=O) groups excluding carboxylic acids is 2. The van der Waals surface area contributed by atoms with Gasteiger partial charge in [-0.3, -0.25) is 14.7 Å². The Labute approximate surface area is 145 Å².